The number of nitrogens with zero attached hydrogens (tertiary/aromatic N) is 1. The maximum atomic E-state index is 12.7. The zero-order valence-electron chi connectivity index (χ0n) is 9.32. The van der Waals surface area contributed by atoms with Gasteiger partial charge in [0, 0.05) is 10.3 Å². The van der Waals surface area contributed by atoms with Crippen LogP contribution in [0.15, 0.2) is 22.9 Å². The third kappa shape index (κ3) is 2.47. The predicted molar refractivity (Wildman–Crippen MR) is 74.1 cm³/mol. The minimum Gasteiger partial charge on any atom is -0.370 e. The van der Waals surface area contributed by atoms with Crippen molar-refractivity contribution in [3.05, 3.63) is 33.3 Å². The van der Waals surface area contributed by atoms with Crippen LogP contribution in [0.5, 0.6) is 0 Å². The van der Waals surface area contributed by atoms with Gasteiger partial charge in [0.15, 0.2) is 0 Å². The van der Waals surface area contributed by atoms with Crippen molar-refractivity contribution < 1.29 is 13.2 Å². The molecule has 3 rings (SSSR count). The summed E-state index contributed by atoms with van der Waals surface area (Å²) in [5.41, 5.74) is -0.593. The van der Waals surface area contributed by atoms with Crippen molar-refractivity contribution in [1.82, 2.24) is 4.37 Å². The Morgan fingerprint density at radius 3 is 2.79 bits per heavy atom. The highest BCUT2D eigenvalue weighted by atomic mass is 32.1. The maximum absolute atomic E-state index is 12.7. The number of halogens is 3. The average molecular weight is 320 g/mol. The van der Waals surface area contributed by atoms with Gasteiger partial charge < -0.3 is 5.32 Å². The van der Waals surface area contributed by atoms with E-state index in [1.807, 2.05) is 17.5 Å². The molecule has 0 bridgehead atoms. The Balaban J connectivity index is 1.87. The zero-order chi connectivity index (χ0) is 13.5. The van der Waals surface area contributed by atoms with E-state index in [4.69, 9.17) is 0 Å². The second-order valence-electron chi connectivity index (χ2n) is 3.77. The van der Waals surface area contributed by atoms with Crippen molar-refractivity contribution in [3.8, 4) is 0 Å². The minimum absolute atomic E-state index is 0.0520. The molecule has 1 N–H and O–H groups in total. The summed E-state index contributed by atoms with van der Waals surface area (Å²) in [6.07, 6.45) is -4.34. The Hall–Kier alpha value is -1.12. The van der Waals surface area contributed by atoms with Gasteiger partial charge in [-0.2, -0.15) is 17.5 Å². The fourth-order valence-electron chi connectivity index (χ4n) is 1.63. The molecule has 0 atom stereocenters. The summed E-state index contributed by atoms with van der Waals surface area (Å²) >= 11 is 3.76. The van der Waals surface area contributed by atoms with E-state index < -0.39 is 11.7 Å². The summed E-state index contributed by atoms with van der Waals surface area (Å²) in [6, 6.07) is 3.92. The van der Waals surface area contributed by atoms with Gasteiger partial charge in [-0.3, -0.25) is 0 Å². The monoisotopic (exact) mass is 320 g/mol. The first kappa shape index (κ1) is 12.9. The fourth-order valence-corrected chi connectivity index (χ4v) is 4.20. The average Bonchev–Trinajstić information content (AvgIpc) is 3.02. The smallest absolute Gasteiger partial charge is 0.370 e. The lowest BCUT2D eigenvalue weighted by molar-refractivity contribution is -0.136. The molecule has 3 aromatic heterocycles. The van der Waals surface area contributed by atoms with Crippen molar-refractivity contribution in [1.29, 1.82) is 0 Å². The van der Waals surface area contributed by atoms with E-state index in [1.54, 1.807) is 11.3 Å². The van der Waals surface area contributed by atoms with Gasteiger partial charge in [-0.25, -0.2) is 0 Å². The number of anilines is 1. The van der Waals surface area contributed by atoms with Crippen LogP contribution < -0.4 is 5.32 Å². The standard InChI is InChI=1S/C11H7F3N2S3/c12-11(13,14)7-5-18-9-8(7)16-19-10(9)15-4-6-2-1-3-17-6/h1-3,5,15H,4H2. The van der Waals surface area contributed by atoms with Crippen LogP contribution in [-0.4, -0.2) is 4.37 Å². The van der Waals surface area contributed by atoms with Gasteiger partial charge in [0.2, 0.25) is 0 Å². The third-order valence-corrected chi connectivity index (χ3v) is 5.31. The van der Waals surface area contributed by atoms with Crippen LogP contribution in [-0.2, 0) is 12.7 Å². The van der Waals surface area contributed by atoms with Crippen LogP contribution in [0, 0.1) is 0 Å². The first-order valence-corrected chi connectivity index (χ1v) is 7.79. The van der Waals surface area contributed by atoms with Crippen LogP contribution >= 0.6 is 34.2 Å². The number of thiophene rings is 2. The van der Waals surface area contributed by atoms with E-state index in [9.17, 15) is 13.2 Å². The van der Waals surface area contributed by atoms with Crippen molar-refractivity contribution in [2.24, 2.45) is 0 Å². The van der Waals surface area contributed by atoms with E-state index in [0.29, 0.717) is 16.2 Å². The molecule has 19 heavy (non-hydrogen) atoms. The molecule has 3 aromatic rings. The summed E-state index contributed by atoms with van der Waals surface area (Å²) in [5, 5.41) is 6.93. The Labute approximate surface area is 118 Å². The Morgan fingerprint density at radius 1 is 1.26 bits per heavy atom. The van der Waals surface area contributed by atoms with E-state index in [1.165, 1.54) is 0 Å². The number of aromatic nitrogens is 1. The first-order valence-electron chi connectivity index (χ1n) is 5.26. The van der Waals surface area contributed by atoms with Crippen LogP contribution in [0.25, 0.3) is 10.2 Å². The molecule has 0 fully saturated rings. The van der Waals surface area contributed by atoms with Gasteiger partial charge >= 0.3 is 6.18 Å². The summed E-state index contributed by atoms with van der Waals surface area (Å²) in [7, 11) is 0. The van der Waals surface area contributed by atoms with Crippen molar-refractivity contribution in [2.75, 3.05) is 5.32 Å². The van der Waals surface area contributed by atoms with Gasteiger partial charge in [-0.05, 0) is 23.0 Å². The van der Waals surface area contributed by atoms with E-state index in [0.717, 1.165) is 33.1 Å². The molecule has 2 nitrogen and oxygen atoms in total. The Bertz CT molecular complexity index is 682. The number of hydrogen-bond acceptors (Lipinski definition) is 5. The molecule has 0 saturated carbocycles. The highest BCUT2D eigenvalue weighted by molar-refractivity contribution is 7.23. The topological polar surface area (TPSA) is 24.9 Å². The lowest BCUT2D eigenvalue weighted by Crippen LogP contribution is -2.03. The summed E-state index contributed by atoms with van der Waals surface area (Å²) in [6.45, 7) is 0.605. The highest BCUT2D eigenvalue weighted by Crippen LogP contribution is 2.42. The predicted octanol–water partition coefficient (Wildman–Crippen LogP) is 5.05. The molecule has 0 amide bonds. The molecule has 0 saturated heterocycles. The van der Waals surface area contributed by atoms with Crippen molar-refractivity contribution in [3.63, 3.8) is 0 Å². The summed E-state index contributed by atoms with van der Waals surface area (Å²) < 4.78 is 42.7. The first-order chi connectivity index (χ1) is 9.05. The van der Waals surface area contributed by atoms with Crippen LogP contribution in [0.2, 0.25) is 0 Å². The molecule has 0 spiro atoms. The van der Waals surface area contributed by atoms with E-state index in [2.05, 4.69) is 9.69 Å². The molecule has 8 heteroatoms. The van der Waals surface area contributed by atoms with E-state index in [-0.39, 0.29) is 5.52 Å². The maximum Gasteiger partial charge on any atom is 0.419 e. The molecule has 0 radical (unpaired) electrons. The second kappa shape index (κ2) is 4.77. The van der Waals surface area contributed by atoms with Gasteiger partial charge in [-0.1, -0.05) is 6.07 Å². The third-order valence-electron chi connectivity index (χ3n) is 2.51. The molecule has 100 valence electrons. The number of rotatable bonds is 3. The normalized spacial score (nSPS) is 12.2. The number of fused-ring (bicyclic) bond motifs is 1. The number of hydrogen-bond donors (Lipinski definition) is 1. The van der Waals surface area contributed by atoms with Gasteiger partial charge in [0.05, 0.1) is 16.8 Å². The number of alkyl halides is 3. The quantitative estimate of drug-likeness (QED) is 0.730. The van der Waals surface area contributed by atoms with Crippen molar-refractivity contribution in [2.45, 2.75) is 12.7 Å². The van der Waals surface area contributed by atoms with Gasteiger partial charge in [-0.15, -0.1) is 22.7 Å². The van der Waals surface area contributed by atoms with Crippen LogP contribution in [0.3, 0.4) is 0 Å². The van der Waals surface area contributed by atoms with Crippen LogP contribution in [0.1, 0.15) is 10.4 Å². The van der Waals surface area contributed by atoms with Crippen molar-refractivity contribution >= 4 is 49.4 Å². The highest BCUT2D eigenvalue weighted by Gasteiger charge is 2.35. The molecule has 0 aliphatic carbocycles. The van der Waals surface area contributed by atoms with E-state index >= 15 is 0 Å². The molecule has 0 unspecified atom stereocenters. The summed E-state index contributed by atoms with van der Waals surface area (Å²) in [5.74, 6) is 0. The molecule has 0 aromatic carbocycles. The van der Waals surface area contributed by atoms with Gasteiger partial charge in [0.1, 0.15) is 10.5 Å². The minimum atomic E-state index is -4.34. The number of nitrogens with one attached hydrogen (secondary N) is 1. The SMILES string of the molecule is FC(F)(F)c1csc2c(NCc3cccs3)snc12. The Morgan fingerprint density at radius 2 is 2.11 bits per heavy atom. The molecular formula is C11H7F3N2S3. The lowest BCUT2D eigenvalue weighted by Gasteiger charge is -2.01. The zero-order valence-corrected chi connectivity index (χ0v) is 11.8. The fraction of sp³-hybridized carbons (Fsp3) is 0.182. The molecule has 3 heterocycles. The largest absolute Gasteiger partial charge is 0.419 e. The second-order valence-corrected chi connectivity index (χ2v) is 6.45. The molecular weight excluding hydrogens is 313 g/mol. The molecule has 0 aliphatic heterocycles. The van der Waals surface area contributed by atoms with Crippen LogP contribution in [0.4, 0.5) is 18.2 Å². The Kier molecular flexibility index (Phi) is 3.23. The summed E-state index contributed by atoms with van der Waals surface area (Å²) in [4.78, 5) is 1.13. The molecule has 0 aliphatic rings. The lowest BCUT2D eigenvalue weighted by atomic mass is 10.3. The van der Waals surface area contributed by atoms with Gasteiger partial charge in [0.25, 0.3) is 0 Å².